The lowest BCUT2D eigenvalue weighted by Crippen LogP contribution is -2.44. The summed E-state index contributed by atoms with van der Waals surface area (Å²) in [7, 11) is 0. The van der Waals surface area contributed by atoms with Gasteiger partial charge >= 0.3 is 5.97 Å². The Morgan fingerprint density at radius 3 is 2.34 bits per heavy atom. The van der Waals surface area contributed by atoms with Crippen molar-refractivity contribution < 1.29 is 14.6 Å². The fourth-order valence-corrected chi connectivity index (χ4v) is 4.94. The van der Waals surface area contributed by atoms with E-state index in [9.17, 15) is 9.90 Å². The van der Waals surface area contributed by atoms with Crippen molar-refractivity contribution in [1.82, 2.24) is 0 Å². The first-order chi connectivity index (χ1) is 15.7. The highest BCUT2D eigenvalue weighted by Gasteiger charge is 2.45. The van der Waals surface area contributed by atoms with E-state index in [0.717, 1.165) is 30.5 Å². The number of carbonyl (C=O) groups excluding carboxylic acids is 1. The van der Waals surface area contributed by atoms with Gasteiger partial charge < -0.3 is 14.7 Å². The summed E-state index contributed by atoms with van der Waals surface area (Å²) in [5, 5.41) is 11.2. The third-order valence-electron chi connectivity index (χ3n) is 6.55. The molecule has 4 heteroatoms. The number of carbonyl (C=O) groups is 1. The van der Waals surface area contributed by atoms with E-state index in [0.29, 0.717) is 13.0 Å². The van der Waals surface area contributed by atoms with Gasteiger partial charge in [0.15, 0.2) is 5.70 Å². The van der Waals surface area contributed by atoms with Gasteiger partial charge in [0.05, 0.1) is 6.42 Å². The maximum absolute atomic E-state index is 13.4. The molecule has 3 aromatic carbocycles. The molecule has 0 bridgehead atoms. The van der Waals surface area contributed by atoms with E-state index in [1.54, 1.807) is 0 Å². The number of aryl methyl sites for hydroxylation is 2. The van der Waals surface area contributed by atoms with Crippen LogP contribution in [-0.2, 0) is 28.0 Å². The van der Waals surface area contributed by atoms with Crippen molar-refractivity contribution in [3.63, 3.8) is 0 Å². The van der Waals surface area contributed by atoms with Crippen LogP contribution in [0.15, 0.2) is 96.4 Å². The summed E-state index contributed by atoms with van der Waals surface area (Å²) >= 11 is 0. The lowest BCUT2D eigenvalue weighted by Gasteiger charge is -2.41. The minimum Gasteiger partial charge on any atom is -0.510 e. The van der Waals surface area contributed by atoms with E-state index >= 15 is 0 Å². The van der Waals surface area contributed by atoms with Crippen molar-refractivity contribution in [2.75, 3.05) is 11.4 Å². The van der Waals surface area contributed by atoms with Gasteiger partial charge in [0.25, 0.3) is 0 Å². The first-order valence-corrected chi connectivity index (χ1v) is 11.3. The lowest BCUT2D eigenvalue weighted by molar-refractivity contribution is -0.161. The van der Waals surface area contributed by atoms with Crippen molar-refractivity contribution >= 4 is 11.7 Å². The zero-order valence-electron chi connectivity index (χ0n) is 18.0. The number of anilines is 1. The van der Waals surface area contributed by atoms with Gasteiger partial charge in [0.1, 0.15) is 11.4 Å². The first kappa shape index (κ1) is 20.4. The predicted octanol–water partition coefficient (Wildman–Crippen LogP) is 5.68. The number of benzene rings is 3. The smallest absolute Gasteiger partial charge is 0.359 e. The number of rotatable bonds is 5. The maximum atomic E-state index is 13.4. The topological polar surface area (TPSA) is 49.8 Å². The van der Waals surface area contributed by atoms with Crippen LogP contribution in [0.3, 0.4) is 0 Å². The first-order valence-electron chi connectivity index (χ1n) is 11.3. The molecule has 0 aromatic heterocycles. The highest BCUT2D eigenvalue weighted by atomic mass is 16.6. The minimum absolute atomic E-state index is 0.106. The van der Waals surface area contributed by atoms with Gasteiger partial charge in [-0.25, -0.2) is 4.79 Å². The number of fused-ring (bicyclic) bond motifs is 1. The van der Waals surface area contributed by atoms with Crippen LogP contribution in [0.5, 0.6) is 0 Å². The summed E-state index contributed by atoms with van der Waals surface area (Å²) in [4.78, 5) is 15.4. The number of cyclic esters (lactones) is 1. The predicted molar refractivity (Wildman–Crippen MR) is 125 cm³/mol. The summed E-state index contributed by atoms with van der Waals surface area (Å²) in [6, 6.07) is 28.1. The SMILES string of the molecule is O=C1OC(CCc2ccccc2)(c2ccccc2)CC(O)=C1N1CCCc2ccccc21. The van der Waals surface area contributed by atoms with E-state index in [1.165, 1.54) is 11.1 Å². The number of hydrogen-bond acceptors (Lipinski definition) is 4. The molecule has 0 amide bonds. The normalized spacial score (nSPS) is 20.6. The average Bonchev–Trinajstić information content (AvgIpc) is 2.84. The number of ether oxygens (including phenoxy) is 1. The molecule has 1 N–H and O–H groups in total. The standard InChI is InChI=1S/C28H27NO3/c30-25-20-28(23-14-5-2-6-15-23,18-17-21-10-3-1-4-11-21)32-27(31)26(25)29-19-9-13-22-12-7-8-16-24(22)29/h1-8,10-12,14-16,30H,9,13,17-20H2. The molecule has 5 rings (SSSR count). The van der Waals surface area contributed by atoms with Crippen LogP contribution in [0.4, 0.5) is 5.69 Å². The lowest BCUT2D eigenvalue weighted by atomic mass is 9.82. The molecule has 0 radical (unpaired) electrons. The molecular formula is C28H27NO3. The van der Waals surface area contributed by atoms with Crippen LogP contribution >= 0.6 is 0 Å². The van der Waals surface area contributed by atoms with Gasteiger partial charge in [0.2, 0.25) is 0 Å². The number of para-hydroxylation sites is 1. The number of aliphatic hydroxyl groups is 1. The quantitative estimate of drug-likeness (QED) is 0.534. The van der Waals surface area contributed by atoms with Crippen LogP contribution in [0.25, 0.3) is 0 Å². The van der Waals surface area contributed by atoms with Gasteiger partial charge in [-0.15, -0.1) is 0 Å². The number of esters is 1. The molecule has 2 aliphatic heterocycles. The molecule has 1 atom stereocenters. The van der Waals surface area contributed by atoms with Gasteiger partial charge in [0, 0.05) is 12.2 Å². The zero-order valence-corrected chi connectivity index (χ0v) is 18.0. The van der Waals surface area contributed by atoms with E-state index in [2.05, 4.69) is 18.2 Å². The Morgan fingerprint density at radius 2 is 1.59 bits per heavy atom. The van der Waals surface area contributed by atoms with Gasteiger partial charge in [-0.3, -0.25) is 0 Å². The molecule has 32 heavy (non-hydrogen) atoms. The molecule has 0 saturated carbocycles. The second-order valence-corrected chi connectivity index (χ2v) is 8.59. The van der Waals surface area contributed by atoms with Crippen molar-refractivity contribution in [3.05, 3.63) is 113 Å². The molecule has 1 unspecified atom stereocenters. The van der Waals surface area contributed by atoms with Crippen molar-refractivity contribution in [2.45, 2.75) is 37.7 Å². The van der Waals surface area contributed by atoms with E-state index in [4.69, 9.17) is 4.74 Å². The van der Waals surface area contributed by atoms with Crippen LogP contribution < -0.4 is 4.90 Å². The number of aliphatic hydroxyl groups excluding tert-OH is 1. The monoisotopic (exact) mass is 425 g/mol. The van der Waals surface area contributed by atoms with Gasteiger partial charge in [-0.2, -0.15) is 0 Å². The Hall–Kier alpha value is -3.53. The molecule has 0 spiro atoms. The maximum Gasteiger partial charge on any atom is 0.359 e. The van der Waals surface area contributed by atoms with E-state index in [-0.39, 0.29) is 17.9 Å². The second-order valence-electron chi connectivity index (χ2n) is 8.59. The van der Waals surface area contributed by atoms with Crippen LogP contribution in [-0.4, -0.2) is 17.6 Å². The van der Waals surface area contributed by atoms with Crippen LogP contribution in [0, 0.1) is 0 Å². The fraction of sp³-hybridized carbons (Fsp3) is 0.250. The zero-order chi connectivity index (χ0) is 22.0. The third kappa shape index (κ3) is 3.77. The summed E-state index contributed by atoms with van der Waals surface area (Å²) in [5.74, 6) is -0.350. The molecule has 4 nitrogen and oxygen atoms in total. The fourth-order valence-electron chi connectivity index (χ4n) is 4.94. The molecule has 0 aliphatic carbocycles. The molecule has 3 aromatic rings. The molecular weight excluding hydrogens is 398 g/mol. The Morgan fingerprint density at radius 1 is 0.906 bits per heavy atom. The van der Waals surface area contributed by atoms with Crippen LogP contribution in [0.1, 0.15) is 36.0 Å². The molecule has 2 heterocycles. The third-order valence-corrected chi connectivity index (χ3v) is 6.55. The highest BCUT2D eigenvalue weighted by molar-refractivity contribution is 5.95. The van der Waals surface area contributed by atoms with Crippen molar-refractivity contribution in [1.29, 1.82) is 0 Å². The van der Waals surface area contributed by atoms with Crippen LogP contribution in [0.2, 0.25) is 0 Å². The second kappa shape index (κ2) is 8.54. The minimum atomic E-state index is -0.892. The highest BCUT2D eigenvalue weighted by Crippen LogP contribution is 2.43. The largest absolute Gasteiger partial charge is 0.510 e. The average molecular weight is 426 g/mol. The van der Waals surface area contributed by atoms with Crippen molar-refractivity contribution in [2.24, 2.45) is 0 Å². The Balaban J connectivity index is 1.51. The summed E-state index contributed by atoms with van der Waals surface area (Å²) in [5.41, 5.74) is 3.65. The van der Waals surface area contributed by atoms with Gasteiger partial charge in [-0.05, 0) is 48.4 Å². The summed E-state index contributed by atoms with van der Waals surface area (Å²) in [6.45, 7) is 0.688. The molecule has 0 saturated heterocycles. The summed E-state index contributed by atoms with van der Waals surface area (Å²) < 4.78 is 6.23. The number of nitrogens with zero attached hydrogens (tertiary/aromatic N) is 1. The molecule has 162 valence electrons. The van der Waals surface area contributed by atoms with E-state index < -0.39 is 11.6 Å². The molecule has 2 aliphatic rings. The Labute approximate surface area is 188 Å². The van der Waals surface area contributed by atoms with Crippen molar-refractivity contribution in [3.8, 4) is 0 Å². The van der Waals surface area contributed by atoms with E-state index in [1.807, 2.05) is 71.6 Å². The summed E-state index contributed by atoms with van der Waals surface area (Å²) in [6.07, 6.45) is 3.52. The number of hydrogen-bond donors (Lipinski definition) is 1. The van der Waals surface area contributed by atoms with Gasteiger partial charge in [-0.1, -0.05) is 78.9 Å². The Bertz CT molecular complexity index is 1140. The molecule has 0 fully saturated rings. The Kier molecular flexibility index (Phi) is 5.44.